The third-order valence-corrected chi connectivity index (χ3v) is 3.55. The van der Waals surface area contributed by atoms with Crippen molar-refractivity contribution in [1.29, 1.82) is 0 Å². The van der Waals surface area contributed by atoms with E-state index in [1.54, 1.807) is 18.2 Å². The largest absolute Gasteiger partial charge is 0.482 e. The van der Waals surface area contributed by atoms with Crippen molar-refractivity contribution in [3.8, 4) is 5.75 Å². The number of ether oxygens (including phenoxy) is 2. The van der Waals surface area contributed by atoms with E-state index < -0.39 is 18.5 Å². The van der Waals surface area contributed by atoms with Crippen molar-refractivity contribution >= 4 is 23.5 Å². The van der Waals surface area contributed by atoms with Gasteiger partial charge >= 0.3 is 5.97 Å². The van der Waals surface area contributed by atoms with Crippen LogP contribution in [-0.2, 0) is 14.3 Å². The summed E-state index contributed by atoms with van der Waals surface area (Å²) in [5.74, 6) is -0.854. The summed E-state index contributed by atoms with van der Waals surface area (Å²) >= 11 is 0. The molecule has 0 aromatic heterocycles. The summed E-state index contributed by atoms with van der Waals surface area (Å²) in [6, 6.07) is 12.0. The fourth-order valence-corrected chi connectivity index (χ4v) is 2.43. The molecule has 0 saturated carbocycles. The van der Waals surface area contributed by atoms with Gasteiger partial charge < -0.3 is 20.1 Å². The SMILES string of the molecule is CNC(=O)c1cccc(NC(=O)COC(=O)COc2cc(C)cc(C)c2)c1. The monoisotopic (exact) mass is 370 g/mol. The zero-order chi connectivity index (χ0) is 19.8. The van der Waals surface area contributed by atoms with E-state index in [0.29, 0.717) is 17.0 Å². The molecular weight excluding hydrogens is 348 g/mol. The van der Waals surface area contributed by atoms with Gasteiger partial charge in [-0.3, -0.25) is 9.59 Å². The second-order valence-corrected chi connectivity index (χ2v) is 5.98. The van der Waals surface area contributed by atoms with Crippen molar-refractivity contribution in [3.63, 3.8) is 0 Å². The molecule has 142 valence electrons. The maximum atomic E-state index is 11.9. The normalized spacial score (nSPS) is 10.0. The molecule has 0 unspecified atom stereocenters. The quantitative estimate of drug-likeness (QED) is 0.729. The fraction of sp³-hybridized carbons (Fsp3) is 0.250. The van der Waals surface area contributed by atoms with Crippen LogP contribution in [0, 0.1) is 13.8 Å². The summed E-state index contributed by atoms with van der Waals surface area (Å²) in [5.41, 5.74) is 2.89. The van der Waals surface area contributed by atoms with Gasteiger partial charge in [0, 0.05) is 18.3 Å². The number of benzene rings is 2. The second-order valence-electron chi connectivity index (χ2n) is 5.98. The third kappa shape index (κ3) is 6.47. The van der Waals surface area contributed by atoms with Crippen LogP contribution in [0.5, 0.6) is 5.75 Å². The molecule has 7 nitrogen and oxygen atoms in total. The lowest BCUT2D eigenvalue weighted by atomic mass is 10.1. The Hall–Kier alpha value is -3.35. The molecule has 0 radical (unpaired) electrons. The van der Waals surface area contributed by atoms with Crippen LogP contribution in [0.2, 0.25) is 0 Å². The smallest absolute Gasteiger partial charge is 0.344 e. The first-order valence-corrected chi connectivity index (χ1v) is 8.36. The predicted octanol–water partition coefficient (Wildman–Crippen LogP) is 2.22. The molecular formula is C20H22N2O5. The molecule has 0 saturated heterocycles. The number of carbonyl (C=O) groups excluding carboxylic acids is 3. The van der Waals surface area contributed by atoms with E-state index in [1.165, 1.54) is 13.1 Å². The maximum Gasteiger partial charge on any atom is 0.344 e. The van der Waals surface area contributed by atoms with Gasteiger partial charge in [0.05, 0.1) is 0 Å². The van der Waals surface area contributed by atoms with Gasteiger partial charge in [-0.05, 0) is 55.3 Å². The molecule has 2 aromatic carbocycles. The highest BCUT2D eigenvalue weighted by Gasteiger charge is 2.10. The molecule has 0 aliphatic heterocycles. The molecule has 0 heterocycles. The lowest BCUT2D eigenvalue weighted by molar-refractivity contribution is -0.149. The molecule has 7 heteroatoms. The van der Waals surface area contributed by atoms with E-state index in [9.17, 15) is 14.4 Å². The summed E-state index contributed by atoms with van der Waals surface area (Å²) in [4.78, 5) is 35.2. The van der Waals surface area contributed by atoms with Crippen molar-refractivity contribution in [2.45, 2.75) is 13.8 Å². The topological polar surface area (TPSA) is 93.7 Å². The Bertz CT molecular complexity index is 828. The van der Waals surface area contributed by atoms with E-state index in [4.69, 9.17) is 9.47 Å². The Morgan fingerprint density at radius 2 is 1.67 bits per heavy atom. The van der Waals surface area contributed by atoms with Crippen LogP contribution in [0.25, 0.3) is 0 Å². The molecule has 0 spiro atoms. The van der Waals surface area contributed by atoms with E-state index >= 15 is 0 Å². The number of aryl methyl sites for hydroxylation is 2. The number of amides is 2. The standard InChI is InChI=1S/C20H22N2O5/c1-13-7-14(2)9-17(8-13)26-12-19(24)27-11-18(23)22-16-6-4-5-15(10-16)20(25)21-3/h4-10H,11-12H2,1-3H3,(H,21,25)(H,22,23). The molecule has 0 atom stereocenters. The number of hydrogen-bond acceptors (Lipinski definition) is 5. The number of hydrogen-bond donors (Lipinski definition) is 2. The van der Waals surface area contributed by atoms with Crippen LogP contribution in [0.1, 0.15) is 21.5 Å². The van der Waals surface area contributed by atoms with Crippen LogP contribution in [0.4, 0.5) is 5.69 Å². The zero-order valence-electron chi connectivity index (χ0n) is 15.5. The summed E-state index contributed by atoms with van der Waals surface area (Å²) in [6.07, 6.45) is 0. The minimum absolute atomic E-state index is 0.263. The highest BCUT2D eigenvalue weighted by molar-refractivity contribution is 5.97. The third-order valence-electron chi connectivity index (χ3n) is 3.55. The Morgan fingerprint density at radius 1 is 0.963 bits per heavy atom. The Morgan fingerprint density at radius 3 is 2.33 bits per heavy atom. The number of nitrogens with one attached hydrogen (secondary N) is 2. The Kier molecular flexibility index (Phi) is 6.93. The summed E-state index contributed by atoms with van der Waals surface area (Å²) in [5, 5.41) is 5.07. The molecule has 2 rings (SSSR count). The fourth-order valence-electron chi connectivity index (χ4n) is 2.43. The molecule has 0 aliphatic rings. The van der Waals surface area contributed by atoms with Crippen LogP contribution in [0.3, 0.4) is 0 Å². The van der Waals surface area contributed by atoms with Crippen LogP contribution >= 0.6 is 0 Å². The van der Waals surface area contributed by atoms with Gasteiger partial charge in [-0.1, -0.05) is 12.1 Å². The second kappa shape index (κ2) is 9.38. The molecule has 0 bridgehead atoms. The summed E-state index contributed by atoms with van der Waals surface area (Å²) in [6.45, 7) is 3.13. The van der Waals surface area contributed by atoms with Crippen LogP contribution < -0.4 is 15.4 Å². The van der Waals surface area contributed by atoms with Crippen molar-refractivity contribution in [1.82, 2.24) is 5.32 Å². The Balaban J connectivity index is 1.79. The zero-order valence-corrected chi connectivity index (χ0v) is 15.5. The average molecular weight is 370 g/mol. The first-order valence-electron chi connectivity index (χ1n) is 8.36. The molecule has 27 heavy (non-hydrogen) atoms. The van der Waals surface area contributed by atoms with Gasteiger partial charge in [0.25, 0.3) is 11.8 Å². The Labute approximate surface area is 157 Å². The van der Waals surface area contributed by atoms with E-state index in [-0.39, 0.29) is 12.5 Å². The summed E-state index contributed by atoms with van der Waals surface area (Å²) < 4.78 is 10.3. The lowest BCUT2D eigenvalue weighted by Crippen LogP contribution is -2.24. The van der Waals surface area contributed by atoms with Gasteiger partial charge in [-0.25, -0.2) is 4.79 Å². The molecule has 2 N–H and O–H groups in total. The van der Waals surface area contributed by atoms with E-state index in [0.717, 1.165) is 11.1 Å². The van der Waals surface area contributed by atoms with Crippen LogP contribution in [0.15, 0.2) is 42.5 Å². The number of rotatable bonds is 7. The minimum Gasteiger partial charge on any atom is -0.482 e. The van der Waals surface area contributed by atoms with Crippen molar-refractivity contribution < 1.29 is 23.9 Å². The molecule has 2 aromatic rings. The van der Waals surface area contributed by atoms with Crippen LogP contribution in [-0.4, -0.2) is 38.0 Å². The van der Waals surface area contributed by atoms with Gasteiger partial charge in [-0.15, -0.1) is 0 Å². The number of anilines is 1. The van der Waals surface area contributed by atoms with Crippen molar-refractivity contribution in [2.75, 3.05) is 25.6 Å². The first kappa shape index (κ1) is 20.0. The maximum absolute atomic E-state index is 11.9. The van der Waals surface area contributed by atoms with Crippen molar-refractivity contribution in [2.24, 2.45) is 0 Å². The summed E-state index contributed by atoms with van der Waals surface area (Å²) in [7, 11) is 1.52. The predicted molar refractivity (Wildman–Crippen MR) is 101 cm³/mol. The number of carbonyl (C=O) groups is 3. The van der Waals surface area contributed by atoms with E-state index in [2.05, 4.69) is 10.6 Å². The van der Waals surface area contributed by atoms with Gasteiger partial charge in [0.2, 0.25) is 0 Å². The van der Waals surface area contributed by atoms with Gasteiger partial charge in [0.15, 0.2) is 13.2 Å². The van der Waals surface area contributed by atoms with E-state index in [1.807, 2.05) is 32.0 Å². The minimum atomic E-state index is -0.650. The average Bonchev–Trinajstić information content (AvgIpc) is 2.63. The highest BCUT2D eigenvalue weighted by atomic mass is 16.6. The lowest BCUT2D eigenvalue weighted by Gasteiger charge is -2.09. The van der Waals surface area contributed by atoms with Crippen molar-refractivity contribution in [3.05, 3.63) is 59.2 Å². The first-order chi connectivity index (χ1) is 12.9. The molecule has 0 aliphatic carbocycles. The van der Waals surface area contributed by atoms with Gasteiger partial charge in [0.1, 0.15) is 5.75 Å². The molecule has 0 fully saturated rings. The molecule has 2 amide bonds. The van der Waals surface area contributed by atoms with Gasteiger partial charge in [-0.2, -0.15) is 0 Å². The highest BCUT2D eigenvalue weighted by Crippen LogP contribution is 2.16. The number of esters is 1.